The Balaban J connectivity index is 0.00000264. The fourth-order valence-corrected chi connectivity index (χ4v) is 4.08. The molecule has 2 aliphatic heterocycles. The number of halogens is 1. The van der Waals surface area contributed by atoms with Gasteiger partial charge in [-0.3, -0.25) is 4.79 Å². The molecule has 2 rings (SSSR count). The van der Waals surface area contributed by atoms with Crippen molar-refractivity contribution in [3.05, 3.63) is 0 Å². The summed E-state index contributed by atoms with van der Waals surface area (Å²) in [5.41, 5.74) is 0. The number of hydrogen-bond donors (Lipinski definition) is 1. The van der Waals surface area contributed by atoms with E-state index in [-0.39, 0.29) is 12.4 Å². The molecule has 0 aromatic rings. The lowest BCUT2D eigenvalue weighted by Gasteiger charge is -2.38. The minimum Gasteiger partial charge on any atom is -0.340 e. The van der Waals surface area contributed by atoms with E-state index in [1.54, 1.807) is 0 Å². The van der Waals surface area contributed by atoms with Gasteiger partial charge in [-0.2, -0.15) is 0 Å². The van der Waals surface area contributed by atoms with Gasteiger partial charge in [0.15, 0.2) is 0 Å². The summed E-state index contributed by atoms with van der Waals surface area (Å²) >= 11 is 0. The topological polar surface area (TPSA) is 32.3 Å². The molecule has 4 heteroatoms. The number of hydrogen-bond acceptors (Lipinski definition) is 2. The molecule has 2 fully saturated rings. The summed E-state index contributed by atoms with van der Waals surface area (Å²) in [5, 5.41) is 3.49. The molecule has 0 aromatic heterocycles. The van der Waals surface area contributed by atoms with Crippen molar-refractivity contribution in [1.29, 1.82) is 0 Å². The molecule has 0 aromatic carbocycles. The van der Waals surface area contributed by atoms with Crippen molar-refractivity contribution < 1.29 is 4.79 Å². The van der Waals surface area contributed by atoms with E-state index in [2.05, 4.69) is 31.0 Å². The number of amides is 1. The van der Waals surface area contributed by atoms with Gasteiger partial charge in [0.2, 0.25) is 5.91 Å². The maximum absolute atomic E-state index is 12.8. The zero-order chi connectivity index (χ0) is 15.9. The molecule has 0 aliphatic carbocycles. The first-order chi connectivity index (χ1) is 10.6. The molecule has 1 amide bonds. The van der Waals surface area contributed by atoms with E-state index < -0.39 is 0 Å². The summed E-state index contributed by atoms with van der Waals surface area (Å²) in [6, 6.07) is 0.514. The molecular formula is C19H37ClN2O. The number of likely N-dealkylation sites (tertiary alicyclic amines) is 1. The second-order valence-electron chi connectivity index (χ2n) is 8.00. The molecule has 23 heavy (non-hydrogen) atoms. The highest BCUT2D eigenvalue weighted by molar-refractivity contribution is 5.85. The molecule has 3 nitrogen and oxygen atoms in total. The molecule has 1 N–H and O–H groups in total. The molecular weight excluding hydrogens is 308 g/mol. The third-order valence-electron chi connectivity index (χ3n) is 5.66. The normalized spacial score (nSPS) is 26.7. The molecule has 2 heterocycles. The van der Waals surface area contributed by atoms with Crippen molar-refractivity contribution in [1.82, 2.24) is 10.2 Å². The lowest BCUT2D eigenvalue weighted by molar-refractivity contribution is -0.136. The van der Waals surface area contributed by atoms with Gasteiger partial charge in [-0.05, 0) is 75.8 Å². The second-order valence-corrected chi connectivity index (χ2v) is 8.00. The largest absolute Gasteiger partial charge is 0.340 e. The van der Waals surface area contributed by atoms with Crippen molar-refractivity contribution in [3.63, 3.8) is 0 Å². The van der Waals surface area contributed by atoms with Crippen molar-refractivity contribution in [2.45, 2.75) is 78.2 Å². The molecule has 3 unspecified atom stereocenters. The fourth-order valence-electron chi connectivity index (χ4n) is 4.08. The molecule has 136 valence electrons. The van der Waals surface area contributed by atoms with Crippen molar-refractivity contribution >= 4 is 18.3 Å². The van der Waals surface area contributed by atoms with Crippen LogP contribution < -0.4 is 5.32 Å². The number of carbonyl (C=O) groups is 1. The van der Waals surface area contributed by atoms with Crippen LogP contribution in [0, 0.1) is 17.8 Å². The Kier molecular flexibility index (Phi) is 9.53. The van der Waals surface area contributed by atoms with Crippen LogP contribution in [0.15, 0.2) is 0 Å². The number of piperidine rings is 2. The summed E-state index contributed by atoms with van der Waals surface area (Å²) in [6.07, 6.45) is 9.47. The van der Waals surface area contributed by atoms with Gasteiger partial charge in [0.1, 0.15) is 0 Å². The highest BCUT2D eigenvalue weighted by Crippen LogP contribution is 2.27. The SMILES string of the molecule is CC(C)CCC1CCCCN1C(=O)CC(C)C1CCCNC1.Cl. The first-order valence-corrected chi connectivity index (χ1v) is 9.58. The van der Waals surface area contributed by atoms with Gasteiger partial charge in [0.05, 0.1) is 0 Å². The molecule has 0 bridgehead atoms. The average molecular weight is 345 g/mol. The maximum Gasteiger partial charge on any atom is 0.223 e. The monoisotopic (exact) mass is 344 g/mol. The van der Waals surface area contributed by atoms with Crippen molar-refractivity contribution in [3.8, 4) is 0 Å². The second kappa shape index (κ2) is 10.6. The summed E-state index contributed by atoms with van der Waals surface area (Å²) in [7, 11) is 0. The number of rotatable bonds is 6. The lowest BCUT2D eigenvalue weighted by atomic mass is 9.84. The zero-order valence-electron chi connectivity index (χ0n) is 15.4. The minimum absolute atomic E-state index is 0. The van der Waals surface area contributed by atoms with Gasteiger partial charge in [0, 0.05) is 19.0 Å². The zero-order valence-corrected chi connectivity index (χ0v) is 16.2. The van der Waals surface area contributed by atoms with Crippen molar-refractivity contribution in [2.75, 3.05) is 19.6 Å². The van der Waals surface area contributed by atoms with E-state index in [1.165, 1.54) is 44.9 Å². The predicted octanol–water partition coefficient (Wildman–Crippen LogP) is 4.25. The van der Waals surface area contributed by atoms with E-state index in [1.807, 2.05) is 0 Å². The summed E-state index contributed by atoms with van der Waals surface area (Å²) in [5.74, 6) is 2.38. The fraction of sp³-hybridized carbons (Fsp3) is 0.947. The highest BCUT2D eigenvalue weighted by atomic mass is 35.5. The van der Waals surface area contributed by atoms with Crippen LogP contribution in [0.25, 0.3) is 0 Å². The lowest BCUT2D eigenvalue weighted by Crippen LogP contribution is -2.45. The van der Waals surface area contributed by atoms with E-state index in [0.717, 1.165) is 32.0 Å². The first-order valence-electron chi connectivity index (χ1n) is 9.58. The van der Waals surface area contributed by atoms with E-state index in [9.17, 15) is 4.79 Å². The Morgan fingerprint density at radius 3 is 2.61 bits per heavy atom. The Labute approximate surface area is 149 Å². The van der Waals surface area contributed by atoms with Gasteiger partial charge >= 0.3 is 0 Å². The third kappa shape index (κ3) is 6.62. The maximum atomic E-state index is 12.8. The summed E-state index contributed by atoms with van der Waals surface area (Å²) in [4.78, 5) is 15.0. The van der Waals surface area contributed by atoms with Gasteiger partial charge in [-0.1, -0.05) is 20.8 Å². The molecule has 3 atom stereocenters. The van der Waals surface area contributed by atoms with Crippen LogP contribution in [0.3, 0.4) is 0 Å². The van der Waals surface area contributed by atoms with Crippen LogP contribution in [0.5, 0.6) is 0 Å². The van der Waals surface area contributed by atoms with Gasteiger partial charge in [-0.25, -0.2) is 0 Å². The van der Waals surface area contributed by atoms with Crippen LogP contribution in [0.2, 0.25) is 0 Å². The number of nitrogens with one attached hydrogen (secondary N) is 1. The molecule has 0 saturated carbocycles. The quantitative estimate of drug-likeness (QED) is 0.781. The van der Waals surface area contributed by atoms with Crippen LogP contribution in [0.4, 0.5) is 0 Å². The standard InChI is InChI=1S/C19H36N2O.ClH/c1-15(2)9-10-18-8-4-5-12-21(18)19(22)13-16(3)17-7-6-11-20-14-17;/h15-18,20H,4-14H2,1-3H3;1H. The molecule has 0 spiro atoms. The smallest absolute Gasteiger partial charge is 0.223 e. The van der Waals surface area contributed by atoms with E-state index >= 15 is 0 Å². The Hall–Kier alpha value is -0.280. The Bertz CT molecular complexity index is 342. The predicted molar refractivity (Wildman–Crippen MR) is 100 cm³/mol. The molecule has 0 radical (unpaired) electrons. The van der Waals surface area contributed by atoms with Crippen LogP contribution >= 0.6 is 12.4 Å². The number of nitrogens with zero attached hydrogens (tertiary/aromatic N) is 1. The molecule has 2 saturated heterocycles. The van der Waals surface area contributed by atoms with Gasteiger partial charge in [-0.15, -0.1) is 12.4 Å². The Morgan fingerprint density at radius 2 is 1.96 bits per heavy atom. The minimum atomic E-state index is 0. The average Bonchev–Trinajstić information content (AvgIpc) is 2.54. The molecule has 2 aliphatic rings. The highest BCUT2D eigenvalue weighted by Gasteiger charge is 2.29. The summed E-state index contributed by atoms with van der Waals surface area (Å²) in [6.45, 7) is 10.1. The Morgan fingerprint density at radius 1 is 1.17 bits per heavy atom. The van der Waals surface area contributed by atoms with E-state index in [0.29, 0.717) is 23.8 Å². The third-order valence-corrected chi connectivity index (χ3v) is 5.66. The van der Waals surface area contributed by atoms with Gasteiger partial charge < -0.3 is 10.2 Å². The number of carbonyl (C=O) groups excluding carboxylic acids is 1. The van der Waals surface area contributed by atoms with E-state index in [4.69, 9.17) is 0 Å². The van der Waals surface area contributed by atoms with Crippen LogP contribution in [-0.2, 0) is 4.79 Å². The van der Waals surface area contributed by atoms with Gasteiger partial charge in [0.25, 0.3) is 0 Å². The van der Waals surface area contributed by atoms with Crippen LogP contribution in [-0.4, -0.2) is 36.5 Å². The summed E-state index contributed by atoms with van der Waals surface area (Å²) < 4.78 is 0. The first kappa shape index (κ1) is 20.8. The van der Waals surface area contributed by atoms with Crippen molar-refractivity contribution in [2.24, 2.45) is 17.8 Å². The van der Waals surface area contributed by atoms with Crippen LogP contribution in [0.1, 0.15) is 72.1 Å².